The fourth-order valence-electron chi connectivity index (χ4n) is 1.52. The van der Waals surface area contributed by atoms with Crippen LogP contribution in [0, 0.1) is 0 Å². The van der Waals surface area contributed by atoms with Crippen LogP contribution >= 0.6 is 15.9 Å². The monoisotopic (exact) mass is 293 g/mol. The summed E-state index contributed by atoms with van der Waals surface area (Å²) in [5.74, 6) is 0.728. The predicted molar refractivity (Wildman–Crippen MR) is 66.7 cm³/mol. The second-order valence-corrected chi connectivity index (χ2v) is 5.04. The molecule has 2 aromatic heterocycles. The summed E-state index contributed by atoms with van der Waals surface area (Å²) in [6, 6.07) is 0.693. The molecule has 0 saturated heterocycles. The van der Waals surface area contributed by atoms with Gasteiger partial charge in [0.15, 0.2) is 5.82 Å². The highest BCUT2D eigenvalue weighted by Gasteiger charge is 2.20. The van der Waals surface area contributed by atoms with Crippen molar-refractivity contribution in [3.63, 3.8) is 0 Å². The third-order valence-corrected chi connectivity index (χ3v) is 3.04. The van der Waals surface area contributed by atoms with Crippen LogP contribution in [-0.2, 0) is 6.54 Å². The van der Waals surface area contributed by atoms with Crippen molar-refractivity contribution in [1.29, 1.82) is 0 Å². The lowest BCUT2D eigenvalue weighted by molar-refractivity contribution is 0.669. The Hall–Kier alpha value is -1.27. The third-order valence-electron chi connectivity index (χ3n) is 2.63. The van der Waals surface area contributed by atoms with E-state index in [0.29, 0.717) is 6.04 Å². The molecule has 88 valence electrons. The normalized spacial score (nSPS) is 15.1. The standard InChI is InChI=1S/C11H12BrN5/c12-8-3-16-17(7-8)11-6-14-10(5-15-11)4-13-9-1-2-9/h3,5-7,9,13H,1-2,4H2. The van der Waals surface area contributed by atoms with Gasteiger partial charge in [0, 0.05) is 18.8 Å². The van der Waals surface area contributed by atoms with Gasteiger partial charge >= 0.3 is 0 Å². The van der Waals surface area contributed by atoms with Gasteiger partial charge in [-0.1, -0.05) is 0 Å². The molecule has 0 aromatic carbocycles. The quantitative estimate of drug-likeness (QED) is 0.932. The largest absolute Gasteiger partial charge is 0.308 e. The van der Waals surface area contributed by atoms with Crippen molar-refractivity contribution in [3.8, 4) is 5.82 Å². The van der Waals surface area contributed by atoms with Gasteiger partial charge < -0.3 is 5.32 Å². The molecule has 1 N–H and O–H groups in total. The molecule has 1 saturated carbocycles. The first-order chi connectivity index (χ1) is 8.31. The van der Waals surface area contributed by atoms with Crippen LogP contribution in [0.15, 0.2) is 29.3 Å². The number of nitrogens with one attached hydrogen (secondary N) is 1. The molecule has 1 aliphatic rings. The van der Waals surface area contributed by atoms with Gasteiger partial charge in [-0.2, -0.15) is 5.10 Å². The lowest BCUT2D eigenvalue weighted by Crippen LogP contribution is -2.16. The van der Waals surface area contributed by atoms with Gasteiger partial charge in [-0.15, -0.1) is 0 Å². The summed E-state index contributed by atoms with van der Waals surface area (Å²) in [5, 5.41) is 7.56. The molecule has 5 nitrogen and oxygen atoms in total. The molecule has 1 aliphatic carbocycles. The third kappa shape index (κ3) is 2.70. The molecule has 6 heteroatoms. The van der Waals surface area contributed by atoms with E-state index in [2.05, 4.69) is 36.3 Å². The SMILES string of the molecule is Brc1cnn(-c2cnc(CNC3CC3)cn2)c1. The van der Waals surface area contributed by atoms with E-state index in [1.165, 1.54) is 12.8 Å². The van der Waals surface area contributed by atoms with Gasteiger partial charge in [0.25, 0.3) is 0 Å². The van der Waals surface area contributed by atoms with Crippen LogP contribution < -0.4 is 5.32 Å². The minimum absolute atomic E-state index is 0.693. The zero-order valence-corrected chi connectivity index (χ0v) is 10.8. The number of nitrogens with zero attached hydrogens (tertiary/aromatic N) is 4. The summed E-state index contributed by atoms with van der Waals surface area (Å²) in [6.07, 6.45) is 9.68. The van der Waals surface area contributed by atoms with Gasteiger partial charge in [0.2, 0.25) is 0 Å². The molecular weight excluding hydrogens is 282 g/mol. The van der Waals surface area contributed by atoms with Crippen LogP contribution in [0.5, 0.6) is 0 Å². The zero-order chi connectivity index (χ0) is 11.7. The molecule has 2 heterocycles. The fraction of sp³-hybridized carbons (Fsp3) is 0.364. The van der Waals surface area contributed by atoms with Crippen LogP contribution in [-0.4, -0.2) is 25.8 Å². The van der Waals surface area contributed by atoms with Crippen LogP contribution in [0.3, 0.4) is 0 Å². The van der Waals surface area contributed by atoms with E-state index >= 15 is 0 Å². The molecule has 0 spiro atoms. The highest BCUT2D eigenvalue weighted by atomic mass is 79.9. The zero-order valence-electron chi connectivity index (χ0n) is 9.17. The van der Waals surface area contributed by atoms with Crippen molar-refractivity contribution >= 4 is 15.9 Å². The molecule has 0 atom stereocenters. The maximum absolute atomic E-state index is 4.36. The van der Waals surface area contributed by atoms with Crippen molar-refractivity contribution < 1.29 is 0 Å². The number of halogens is 1. The molecule has 0 bridgehead atoms. The number of hydrogen-bond donors (Lipinski definition) is 1. The van der Waals surface area contributed by atoms with Crippen LogP contribution in [0.1, 0.15) is 18.5 Å². The summed E-state index contributed by atoms with van der Waals surface area (Å²) in [4.78, 5) is 8.70. The van der Waals surface area contributed by atoms with Gasteiger partial charge in [-0.05, 0) is 28.8 Å². The molecule has 17 heavy (non-hydrogen) atoms. The number of aromatic nitrogens is 4. The van der Waals surface area contributed by atoms with E-state index < -0.39 is 0 Å². The summed E-state index contributed by atoms with van der Waals surface area (Å²) in [7, 11) is 0. The lowest BCUT2D eigenvalue weighted by Gasteiger charge is -2.03. The van der Waals surface area contributed by atoms with Gasteiger partial charge in [0.1, 0.15) is 0 Å². The Bertz CT molecular complexity index is 503. The van der Waals surface area contributed by atoms with Crippen molar-refractivity contribution in [3.05, 3.63) is 35.0 Å². The first-order valence-electron chi connectivity index (χ1n) is 5.56. The summed E-state index contributed by atoms with van der Waals surface area (Å²) in [5.41, 5.74) is 0.965. The van der Waals surface area contributed by atoms with E-state index in [0.717, 1.165) is 22.5 Å². The lowest BCUT2D eigenvalue weighted by atomic mass is 10.4. The maximum atomic E-state index is 4.36. The molecule has 0 amide bonds. The first kappa shape index (κ1) is 10.9. The van der Waals surface area contributed by atoms with E-state index in [1.54, 1.807) is 23.3 Å². The fourth-order valence-corrected chi connectivity index (χ4v) is 1.81. The molecular formula is C11H12BrN5. The van der Waals surface area contributed by atoms with Crippen molar-refractivity contribution in [1.82, 2.24) is 25.1 Å². The Labute approximate surface area is 107 Å². The first-order valence-corrected chi connectivity index (χ1v) is 6.35. The minimum Gasteiger partial charge on any atom is -0.308 e. The average Bonchev–Trinajstić information content (AvgIpc) is 3.09. The van der Waals surface area contributed by atoms with Crippen LogP contribution in [0.2, 0.25) is 0 Å². The van der Waals surface area contributed by atoms with Crippen molar-refractivity contribution in [2.75, 3.05) is 0 Å². The number of hydrogen-bond acceptors (Lipinski definition) is 4. The Morgan fingerprint density at radius 2 is 2.18 bits per heavy atom. The van der Waals surface area contributed by atoms with Gasteiger partial charge in [-0.3, -0.25) is 4.98 Å². The van der Waals surface area contributed by atoms with Crippen molar-refractivity contribution in [2.24, 2.45) is 0 Å². The minimum atomic E-state index is 0.693. The van der Waals surface area contributed by atoms with Gasteiger partial charge in [-0.25, -0.2) is 9.67 Å². The molecule has 2 aromatic rings. The van der Waals surface area contributed by atoms with Gasteiger partial charge in [0.05, 0.1) is 28.8 Å². The predicted octanol–water partition coefficient (Wildman–Crippen LogP) is 1.68. The Morgan fingerprint density at radius 1 is 1.29 bits per heavy atom. The Balaban J connectivity index is 1.70. The summed E-state index contributed by atoms with van der Waals surface area (Å²) < 4.78 is 2.62. The Kier molecular flexibility index (Phi) is 2.90. The van der Waals surface area contributed by atoms with E-state index in [1.807, 2.05) is 6.20 Å². The smallest absolute Gasteiger partial charge is 0.171 e. The molecule has 0 radical (unpaired) electrons. The molecule has 3 rings (SSSR count). The van der Waals surface area contributed by atoms with E-state index in [9.17, 15) is 0 Å². The molecule has 1 fully saturated rings. The summed E-state index contributed by atoms with van der Waals surface area (Å²) in [6.45, 7) is 0.792. The average molecular weight is 294 g/mol. The second kappa shape index (κ2) is 4.54. The Morgan fingerprint density at radius 3 is 2.76 bits per heavy atom. The van der Waals surface area contributed by atoms with Crippen LogP contribution in [0.25, 0.3) is 5.82 Å². The maximum Gasteiger partial charge on any atom is 0.171 e. The molecule has 0 aliphatic heterocycles. The highest BCUT2D eigenvalue weighted by Crippen LogP contribution is 2.19. The topological polar surface area (TPSA) is 55.6 Å². The summed E-state index contributed by atoms with van der Waals surface area (Å²) >= 11 is 3.35. The van der Waals surface area contributed by atoms with E-state index in [4.69, 9.17) is 0 Å². The van der Waals surface area contributed by atoms with Crippen LogP contribution in [0.4, 0.5) is 0 Å². The van der Waals surface area contributed by atoms with E-state index in [-0.39, 0.29) is 0 Å². The number of rotatable bonds is 4. The second-order valence-electron chi connectivity index (χ2n) is 4.12. The van der Waals surface area contributed by atoms with Crippen molar-refractivity contribution in [2.45, 2.75) is 25.4 Å². The highest BCUT2D eigenvalue weighted by molar-refractivity contribution is 9.10. The molecule has 0 unspecified atom stereocenters.